The van der Waals surface area contributed by atoms with Crippen LogP contribution in [0.15, 0.2) is 59.9 Å². The SMILES string of the molecule is O=CC1=CC=C(OCc2ccc3ccccc3n2)CC1=S. The van der Waals surface area contributed by atoms with Gasteiger partial charge in [-0.1, -0.05) is 36.5 Å². The molecule has 1 heterocycles. The number of ether oxygens (including phenoxy) is 1. The molecule has 1 aliphatic rings. The van der Waals surface area contributed by atoms with Crippen LogP contribution in [0.5, 0.6) is 0 Å². The number of aromatic nitrogens is 1. The minimum atomic E-state index is 0.392. The lowest BCUT2D eigenvalue weighted by atomic mass is 10.0. The van der Waals surface area contributed by atoms with E-state index in [9.17, 15) is 4.79 Å². The van der Waals surface area contributed by atoms with Gasteiger partial charge < -0.3 is 4.74 Å². The van der Waals surface area contributed by atoms with Crippen LogP contribution in [0.4, 0.5) is 0 Å². The molecule has 104 valence electrons. The van der Waals surface area contributed by atoms with Gasteiger partial charge in [0, 0.05) is 22.2 Å². The zero-order valence-electron chi connectivity index (χ0n) is 11.3. The topological polar surface area (TPSA) is 39.2 Å². The number of hydrogen-bond donors (Lipinski definition) is 0. The third kappa shape index (κ3) is 3.06. The molecule has 0 bridgehead atoms. The fraction of sp³-hybridized carbons (Fsp3) is 0.118. The van der Waals surface area contributed by atoms with Crippen LogP contribution in [0.25, 0.3) is 10.9 Å². The molecule has 0 amide bonds. The Morgan fingerprint density at radius 3 is 2.86 bits per heavy atom. The molecule has 1 aliphatic carbocycles. The second kappa shape index (κ2) is 5.97. The lowest BCUT2D eigenvalue weighted by Crippen LogP contribution is -2.09. The number of pyridine rings is 1. The highest BCUT2D eigenvalue weighted by molar-refractivity contribution is 7.81. The van der Waals surface area contributed by atoms with E-state index in [1.54, 1.807) is 12.2 Å². The van der Waals surface area contributed by atoms with Crippen molar-refractivity contribution >= 4 is 34.3 Å². The van der Waals surface area contributed by atoms with Crippen molar-refractivity contribution < 1.29 is 9.53 Å². The summed E-state index contributed by atoms with van der Waals surface area (Å²) in [6, 6.07) is 12.0. The Balaban J connectivity index is 1.72. The van der Waals surface area contributed by atoms with Gasteiger partial charge in [0.25, 0.3) is 0 Å². The van der Waals surface area contributed by atoms with E-state index in [-0.39, 0.29) is 0 Å². The van der Waals surface area contributed by atoms with Crippen LogP contribution in [-0.2, 0) is 16.1 Å². The molecule has 1 aromatic heterocycles. The molecule has 1 aromatic carbocycles. The predicted molar refractivity (Wildman–Crippen MR) is 86.0 cm³/mol. The predicted octanol–water partition coefficient (Wildman–Crippen LogP) is 3.53. The molecule has 0 spiro atoms. The Hall–Kier alpha value is -2.33. The lowest BCUT2D eigenvalue weighted by molar-refractivity contribution is -0.104. The number of fused-ring (bicyclic) bond motifs is 1. The molecule has 0 radical (unpaired) electrons. The van der Waals surface area contributed by atoms with Crippen LogP contribution in [0.3, 0.4) is 0 Å². The molecule has 0 N–H and O–H groups in total. The van der Waals surface area contributed by atoms with Gasteiger partial charge in [-0.25, -0.2) is 4.98 Å². The molecule has 4 heteroatoms. The number of thiocarbonyl (C=S) groups is 1. The van der Waals surface area contributed by atoms with E-state index in [4.69, 9.17) is 17.0 Å². The summed E-state index contributed by atoms with van der Waals surface area (Å²) in [6.07, 6.45) is 4.76. The molecular weight excluding hydrogens is 282 g/mol. The summed E-state index contributed by atoms with van der Waals surface area (Å²) in [7, 11) is 0. The third-order valence-corrected chi connectivity index (χ3v) is 3.67. The van der Waals surface area contributed by atoms with Crippen LogP contribution in [-0.4, -0.2) is 16.1 Å². The zero-order chi connectivity index (χ0) is 14.7. The first-order chi connectivity index (χ1) is 10.3. The smallest absolute Gasteiger partial charge is 0.151 e. The summed E-state index contributed by atoms with van der Waals surface area (Å²) in [6.45, 7) is 0.392. The number of rotatable bonds is 4. The molecule has 21 heavy (non-hydrogen) atoms. The number of carbonyl (C=O) groups excluding carboxylic acids is 1. The normalized spacial score (nSPS) is 14.6. The third-order valence-electron chi connectivity index (χ3n) is 3.29. The van der Waals surface area contributed by atoms with Crippen molar-refractivity contribution in [1.82, 2.24) is 4.98 Å². The Morgan fingerprint density at radius 1 is 1.19 bits per heavy atom. The van der Waals surface area contributed by atoms with Crippen molar-refractivity contribution in [3.8, 4) is 0 Å². The van der Waals surface area contributed by atoms with Gasteiger partial charge in [0.1, 0.15) is 12.4 Å². The molecule has 3 nitrogen and oxygen atoms in total. The molecule has 2 aromatic rings. The number of benzene rings is 1. The van der Waals surface area contributed by atoms with Gasteiger partial charge >= 0.3 is 0 Å². The summed E-state index contributed by atoms with van der Waals surface area (Å²) in [5.74, 6) is 0.764. The summed E-state index contributed by atoms with van der Waals surface area (Å²) in [4.78, 5) is 15.9. The van der Waals surface area contributed by atoms with Crippen molar-refractivity contribution in [2.24, 2.45) is 0 Å². The van der Waals surface area contributed by atoms with Crippen molar-refractivity contribution in [3.63, 3.8) is 0 Å². The maximum atomic E-state index is 10.7. The first-order valence-corrected chi connectivity index (χ1v) is 7.04. The minimum absolute atomic E-state index is 0.392. The van der Waals surface area contributed by atoms with E-state index in [2.05, 4.69) is 4.98 Å². The van der Waals surface area contributed by atoms with E-state index < -0.39 is 0 Å². The standard InChI is InChI=1S/C17H13NO2S/c19-10-13-6-8-15(9-17(13)21)20-11-14-7-5-12-3-1-2-4-16(12)18-14/h1-8,10H,9,11H2. The summed E-state index contributed by atoms with van der Waals surface area (Å²) >= 11 is 5.16. The van der Waals surface area contributed by atoms with E-state index >= 15 is 0 Å². The minimum Gasteiger partial charge on any atom is -0.491 e. The summed E-state index contributed by atoms with van der Waals surface area (Å²) < 4.78 is 5.73. The molecule has 0 aliphatic heterocycles. The second-order valence-electron chi connectivity index (χ2n) is 4.76. The van der Waals surface area contributed by atoms with Crippen LogP contribution >= 0.6 is 12.2 Å². The van der Waals surface area contributed by atoms with Gasteiger partial charge in [-0.2, -0.15) is 0 Å². The van der Waals surface area contributed by atoms with Crippen LogP contribution in [0.1, 0.15) is 12.1 Å². The molecule has 0 unspecified atom stereocenters. The Morgan fingerprint density at radius 2 is 2.05 bits per heavy atom. The van der Waals surface area contributed by atoms with Gasteiger partial charge in [0.05, 0.1) is 11.2 Å². The fourth-order valence-corrected chi connectivity index (χ4v) is 2.41. The molecule has 0 saturated carbocycles. The number of aldehydes is 1. The second-order valence-corrected chi connectivity index (χ2v) is 5.25. The zero-order valence-corrected chi connectivity index (χ0v) is 12.1. The number of carbonyl (C=O) groups is 1. The van der Waals surface area contributed by atoms with Crippen molar-refractivity contribution in [1.29, 1.82) is 0 Å². The molecule has 3 rings (SSSR count). The van der Waals surface area contributed by atoms with Gasteiger partial charge in [0.2, 0.25) is 0 Å². The molecule has 0 atom stereocenters. The van der Waals surface area contributed by atoms with E-state index in [0.717, 1.165) is 28.6 Å². The van der Waals surface area contributed by atoms with Crippen LogP contribution in [0.2, 0.25) is 0 Å². The van der Waals surface area contributed by atoms with E-state index in [1.165, 1.54) is 0 Å². The number of nitrogens with zero attached hydrogens (tertiary/aromatic N) is 1. The highest BCUT2D eigenvalue weighted by Gasteiger charge is 2.12. The van der Waals surface area contributed by atoms with Gasteiger partial charge in [0.15, 0.2) is 6.29 Å². The highest BCUT2D eigenvalue weighted by atomic mass is 32.1. The summed E-state index contributed by atoms with van der Waals surface area (Å²) in [5.41, 5.74) is 2.38. The largest absolute Gasteiger partial charge is 0.491 e. The average Bonchev–Trinajstić information content (AvgIpc) is 2.53. The molecule has 0 fully saturated rings. The average molecular weight is 295 g/mol. The quantitative estimate of drug-likeness (QED) is 0.639. The Labute approximate surface area is 128 Å². The van der Waals surface area contributed by atoms with Gasteiger partial charge in [-0.3, -0.25) is 4.79 Å². The first kappa shape index (κ1) is 13.6. The summed E-state index contributed by atoms with van der Waals surface area (Å²) in [5, 5.41) is 1.11. The van der Waals surface area contributed by atoms with E-state index in [0.29, 0.717) is 23.5 Å². The highest BCUT2D eigenvalue weighted by Crippen LogP contribution is 2.18. The van der Waals surface area contributed by atoms with Crippen molar-refractivity contribution in [2.45, 2.75) is 13.0 Å². The Kier molecular flexibility index (Phi) is 3.88. The maximum absolute atomic E-state index is 10.7. The monoisotopic (exact) mass is 295 g/mol. The van der Waals surface area contributed by atoms with E-state index in [1.807, 2.05) is 36.4 Å². The number of allylic oxidation sites excluding steroid dienone is 4. The van der Waals surface area contributed by atoms with Crippen LogP contribution < -0.4 is 0 Å². The van der Waals surface area contributed by atoms with Gasteiger partial charge in [-0.15, -0.1) is 0 Å². The number of para-hydroxylation sites is 1. The fourth-order valence-electron chi connectivity index (χ4n) is 2.15. The first-order valence-electron chi connectivity index (χ1n) is 6.63. The lowest BCUT2D eigenvalue weighted by Gasteiger charge is -2.14. The maximum Gasteiger partial charge on any atom is 0.151 e. The molecule has 0 saturated heterocycles. The molecular formula is C17H13NO2S. The Bertz CT molecular complexity index is 777. The van der Waals surface area contributed by atoms with Crippen molar-refractivity contribution in [2.75, 3.05) is 0 Å². The van der Waals surface area contributed by atoms with Gasteiger partial charge in [-0.05, 0) is 24.3 Å². The van der Waals surface area contributed by atoms with Crippen molar-refractivity contribution in [3.05, 3.63) is 65.6 Å². The number of hydrogen-bond acceptors (Lipinski definition) is 4. The van der Waals surface area contributed by atoms with Crippen LogP contribution in [0, 0.1) is 0 Å².